The van der Waals surface area contributed by atoms with E-state index in [0.29, 0.717) is 5.75 Å². The van der Waals surface area contributed by atoms with Crippen LogP contribution >= 0.6 is 0 Å². The van der Waals surface area contributed by atoms with Crippen LogP contribution in [0.25, 0.3) is 0 Å². The highest BCUT2D eigenvalue weighted by Crippen LogP contribution is 2.58. The molecule has 4 rings (SSSR count). The van der Waals surface area contributed by atoms with Gasteiger partial charge in [0.25, 0.3) is 0 Å². The highest BCUT2D eigenvalue weighted by atomic mass is 16.5. The number of fused-ring (bicyclic) bond motifs is 1. The SMILES string of the molecule is COc1ccc2c(c1O)[C@@]13C=CCC[C@@]1(O)[C@H](C2)N(C)CC3. The molecule has 0 amide bonds. The number of benzene rings is 1. The number of likely N-dealkylation sites (N-methyl/N-ethyl adjacent to an activating group) is 1. The number of allylic oxidation sites excluding steroid dienone is 1. The molecule has 4 nitrogen and oxygen atoms in total. The van der Waals surface area contributed by atoms with Crippen molar-refractivity contribution in [3.8, 4) is 11.5 Å². The minimum atomic E-state index is -0.814. The Morgan fingerprint density at radius 1 is 1.32 bits per heavy atom. The van der Waals surface area contributed by atoms with E-state index in [1.807, 2.05) is 12.1 Å². The van der Waals surface area contributed by atoms with Gasteiger partial charge in [0.2, 0.25) is 0 Å². The summed E-state index contributed by atoms with van der Waals surface area (Å²) in [5.41, 5.74) is 0.709. The number of likely N-dealkylation sites (tertiary alicyclic amines) is 1. The third-order valence-corrected chi connectivity index (χ3v) is 6.12. The summed E-state index contributed by atoms with van der Waals surface area (Å²) in [4.78, 5) is 2.28. The van der Waals surface area contributed by atoms with Crippen molar-refractivity contribution in [2.24, 2.45) is 0 Å². The van der Waals surface area contributed by atoms with E-state index in [0.717, 1.165) is 43.4 Å². The van der Waals surface area contributed by atoms with Crippen LogP contribution in [0.3, 0.4) is 0 Å². The molecule has 1 aliphatic heterocycles. The average molecular weight is 301 g/mol. The van der Waals surface area contributed by atoms with Crippen molar-refractivity contribution in [2.45, 2.75) is 42.7 Å². The molecule has 2 N–H and O–H groups in total. The molecule has 0 saturated carbocycles. The Morgan fingerprint density at radius 3 is 2.91 bits per heavy atom. The first-order valence-corrected chi connectivity index (χ1v) is 8.03. The van der Waals surface area contributed by atoms with Gasteiger partial charge in [0.15, 0.2) is 11.5 Å². The molecular formula is C18H23NO3. The quantitative estimate of drug-likeness (QED) is 0.779. The van der Waals surface area contributed by atoms with E-state index in [-0.39, 0.29) is 11.8 Å². The van der Waals surface area contributed by atoms with Gasteiger partial charge in [0, 0.05) is 17.0 Å². The van der Waals surface area contributed by atoms with Crippen LogP contribution in [-0.4, -0.2) is 47.5 Å². The number of phenols is 1. The van der Waals surface area contributed by atoms with Crippen LogP contribution in [0.1, 0.15) is 30.4 Å². The summed E-state index contributed by atoms with van der Waals surface area (Å²) < 4.78 is 5.31. The van der Waals surface area contributed by atoms with Crippen molar-refractivity contribution >= 4 is 0 Å². The Kier molecular flexibility index (Phi) is 2.88. The average Bonchev–Trinajstić information content (AvgIpc) is 2.51. The van der Waals surface area contributed by atoms with E-state index in [2.05, 4.69) is 24.1 Å². The zero-order chi connectivity index (χ0) is 15.5. The highest BCUT2D eigenvalue weighted by molar-refractivity contribution is 5.60. The Balaban J connectivity index is 2.03. The van der Waals surface area contributed by atoms with Crippen LogP contribution in [0, 0.1) is 0 Å². The summed E-state index contributed by atoms with van der Waals surface area (Å²) in [6, 6.07) is 3.98. The van der Waals surface area contributed by atoms with Crippen LogP contribution in [-0.2, 0) is 11.8 Å². The number of rotatable bonds is 1. The Bertz CT molecular complexity index is 656. The molecule has 1 aromatic rings. The largest absolute Gasteiger partial charge is 0.504 e. The number of methoxy groups -OCH3 is 1. The fourth-order valence-electron chi connectivity index (χ4n) is 5.00. The van der Waals surface area contributed by atoms with E-state index in [4.69, 9.17) is 4.74 Å². The maximum absolute atomic E-state index is 11.6. The second kappa shape index (κ2) is 4.49. The van der Waals surface area contributed by atoms with Crippen LogP contribution in [0.2, 0.25) is 0 Å². The van der Waals surface area contributed by atoms with Crippen LogP contribution in [0.15, 0.2) is 24.3 Å². The Hall–Kier alpha value is -1.52. The molecule has 1 fully saturated rings. The second-order valence-corrected chi connectivity index (χ2v) is 6.94. The van der Waals surface area contributed by atoms with Crippen LogP contribution in [0.5, 0.6) is 11.5 Å². The van der Waals surface area contributed by atoms with E-state index < -0.39 is 11.0 Å². The molecule has 0 unspecified atom stereocenters. The van der Waals surface area contributed by atoms with Crippen LogP contribution < -0.4 is 4.74 Å². The lowest BCUT2D eigenvalue weighted by molar-refractivity contribution is -0.132. The predicted molar refractivity (Wildman–Crippen MR) is 84.4 cm³/mol. The number of hydrogen-bond acceptors (Lipinski definition) is 4. The number of nitrogens with zero attached hydrogens (tertiary/aromatic N) is 1. The Morgan fingerprint density at radius 2 is 2.14 bits per heavy atom. The molecule has 118 valence electrons. The first kappa shape index (κ1) is 14.1. The molecular weight excluding hydrogens is 278 g/mol. The van der Waals surface area contributed by atoms with Gasteiger partial charge in [-0.3, -0.25) is 0 Å². The molecule has 3 aliphatic rings. The van der Waals surface area contributed by atoms with Gasteiger partial charge in [0.1, 0.15) is 0 Å². The number of phenolic OH excluding ortho intramolecular Hbond substituents is 1. The van der Waals surface area contributed by atoms with Crippen LogP contribution in [0.4, 0.5) is 0 Å². The summed E-state index contributed by atoms with van der Waals surface area (Å²) >= 11 is 0. The third kappa shape index (κ3) is 1.49. The smallest absolute Gasteiger partial charge is 0.162 e. The van der Waals surface area contributed by atoms with Gasteiger partial charge in [-0.2, -0.15) is 0 Å². The van der Waals surface area contributed by atoms with Gasteiger partial charge in [-0.15, -0.1) is 0 Å². The molecule has 2 bridgehead atoms. The summed E-state index contributed by atoms with van der Waals surface area (Å²) in [6.45, 7) is 0.924. The van der Waals surface area contributed by atoms with Crippen molar-refractivity contribution in [1.29, 1.82) is 0 Å². The molecule has 0 spiro atoms. The molecule has 1 aromatic carbocycles. The van der Waals surface area contributed by atoms with Gasteiger partial charge in [-0.1, -0.05) is 18.2 Å². The summed E-state index contributed by atoms with van der Waals surface area (Å²) in [7, 11) is 3.67. The van der Waals surface area contributed by atoms with Crippen molar-refractivity contribution in [3.05, 3.63) is 35.4 Å². The van der Waals surface area contributed by atoms with E-state index >= 15 is 0 Å². The fourth-order valence-corrected chi connectivity index (χ4v) is 5.00. The van der Waals surface area contributed by atoms with E-state index in [9.17, 15) is 10.2 Å². The number of ether oxygens (including phenoxy) is 1. The number of aromatic hydroxyl groups is 1. The summed E-state index contributed by atoms with van der Waals surface area (Å²) in [6.07, 6.45) is 7.53. The minimum absolute atomic E-state index is 0.103. The van der Waals surface area contributed by atoms with Crippen molar-refractivity contribution in [2.75, 3.05) is 20.7 Å². The lowest BCUT2D eigenvalue weighted by Crippen LogP contribution is -2.70. The summed E-state index contributed by atoms with van der Waals surface area (Å²) in [5.74, 6) is 0.694. The lowest BCUT2D eigenvalue weighted by Gasteiger charge is -2.61. The second-order valence-electron chi connectivity index (χ2n) is 6.94. The molecule has 22 heavy (non-hydrogen) atoms. The predicted octanol–water partition coefficient (Wildman–Crippen LogP) is 1.98. The van der Waals surface area contributed by atoms with Crippen molar-refractivity contribution < 1.29 is 14.9 Å². The Labute approximate surface area is 131 Å². The molecule has 3 atom stereocenters. The standard InChI is InChI=1S/C18H23NO3/c1-19-10-9-17-7-3-4-8-18(17,21)14(19)11-12-5-6-13(22-2)16(20)15(12)17/h3,5-7,14,20-21H,4,8-11H2,1-2H3/t14-,17-,18+/m0/s1. The van der Waals surface area contributed by atoms with Gasteiger partial charge in [-0.05, 0) is 50.9 Å². The van der Waals surface area contributed by atoms with Gasteiger partial charge < -0.3 is 19.8 Å². The molecule has 4 heteroatoms. The monoisotopic (exact) mass is 301 g/mol. The summed E-state index contributed by atoms with van der Waals surface area (Å²) in [5, 5.41) is 22.4. The van der Waals surface area contributed by atoms with Gasteiger partial charge >= 0.3 is 0 Å². The minimum Gasteiger partial charge on any atom is -0.504 e. The number of hydrogen-bond donors (Lipinski definition) is 2. The maximum Gasteiger partial charge on any atom is 0.162 e. The van der Waals surface area contributed by atoms with Crippen molar-refractivity contribution in [1.82, 2.24) is 4.90 Å². The number of aliphatic hydroxyl groups is 1. The maximum atomic E-state index is 11.6. The first-order chi connectivity index (χ1) is 10.5. The molecule has 0 aromatic heterocycles. The highest BCUT2D eigenvalue weighted by Gasteiger charge is 2.62. The zero-order valence-corrected chi connectivity index (χ0v) is 13.2. The van der Waals surface area contributed by atoms with Gasteiger partial charge in [-0.25, -0.2) is 0 Å². The van der Waals surface area contributed by atoms with Gasteiger partial charge in [0.05, 0.1) is 12.7 Å². The zero-order valence-electron chi connectivity index (χ0n) is 13.2. The van der Waals surface area contributed by atoms with Crippen molar-refractivity contribution in [3.63, 3.8) is 0 Å². The fraction of sp³-hybridized carbons (Fsp3) is 0.556. The topological polar surface area (TPSA) is 52.9 Å². The number of piperidine rings is 1. The third-order valence-electron chi connectivity index (χ3n) is 6.12. The molecule has 1 heterocycles. The first-order valence-electron chi connectivity index (χ1n) is 8.03. The van der Waals surface area contributed by atoms with E-state index in [1.165, 1.54) is 0 Å². The lowest BCUT2D eigenvalue weighted by atomic mass is 9.51. The normalized spacial score (nSPS) is 36.6. The molecule has 1 saturated heterocycles. The molecule has 0 radical (unpaired) electrons. The van der Waals surface area contributed by atoms with E-state index in [1.54, 1.807) is 7.11 Å². The molecule has 2 aliphatic carbocycles.